The number of anilines is 1. The fraction of sp³-hybridized carbons (Fsp3) is 0.154. The Labute approximate surface area is 118 Å². The molecule has 0 aliphatic rings. The van der Waals surface area contributed by atoms with E-state index in [2.05, 4.69) is 10.1 Å². The number of carboxylic acids is 1. The molecular formula is C13H11NO5S. The highest BCUT2D eigenvalue weighted by Gasteiger charge is 2.21. The summed E-state index contributed by atoms with van der Waals surface area (Å²) in [5.41, 5.74) is 0.295. The zero-order valence-corrected chi connectivity index (χ0v) is 11.3. The average Bonchev–Trinajstić information content (AvgIpc) is 2.76. The van der Waals surface area contributed by atoms with Gasteiger partial charge in [0, 0.05) is 10.1 Å². The molecule has 2 N–H and O–H groups in total. The highest BCUT2D eigenvalue weighted by Crippen LogP contribution is 2.36. The standard InChI is InChI=1S/C13H11NO5S/c1-19-13(18)12-11(14-9(15)6-10(16)17)7-4-2-3-5-8(7)20-12/h2-5H,6H2,1H3,(H,14,15)(H,16,17). The molecule has 104 valence electrons. The Kier molecular flexibility index (Phi) is 3.99. The van der Waals surface area contributed by atoms with Crippen LogP contribution in [0.1, 0.15) is 16.1 Å². The predicted molar refractivity (Wildman–Crippen MR) is 74.0 cm³/mol. The molecule has 0 aliphatic carbocycles. The van der Waals surface area contributed by atoms with Crippen LogP contribution in [0, 0.1) is 0 Å². The van der Waals surface area contributed by atoms with E-state index in [4.69, 9.17) is 5.11 Å². The highest BCUT2D eigenvalue weighted by atomic mass is 32.1. The van der Waals surface area contributed by atoms with Crippen LogP contribution in [-0.4, -0.2) is 30.1 Å². The van der Waals surface area contributed by atoms with Crippen LogP contribution in [0.15, 0.2) is 24.3 Å². The van der Waals surface area contributed by atoms with Gasteiger partial charge in [0.25, 0.3) is 0 Å². The zero-order valence-electron chi connectivity index (χ0n) is 10.5. The maximum Gasteiger partial charge on any atom is 0.350 e. The van der Waals surface area contributed by atoms with Crippen molar-refractivity contribution < 1.29 is 24.2 Å². The SMILES string of the molecule is COC(=O)c1sc2ccccc2c1NC(=O)CC(=O)O. The van der Waals surface area contributed by atoms with Crippen LogP contribution in [0.3, 0.4) is 0 Å². The zero-order chi connectivity index (χ0) is 14.7. The Morgan fingerprint density at radius 2 is 2.00 bits per heavy atom. The normalized spacial score (nSPS) is 10.2. The minimum absolute atomic E-state index is 0.243. The van der Waals surface area contributed by atoms with Gasteiger partial charge in [-0.15, -0.1) is 11.3 Å². The minimum atomic E-state index is -1.23. The molecule has 1 heterocycles. The lowest BCUT2D eigenvalue weighted by Gasteiger charge is -2.05. The number of hydrogen-bond acceptors (Lipinski definition) is 5. The van der Waals surface area contributed by atoms with Crippen molar-refractivity contribution in [3.63, 3.8) is 0 Å². The number of hydrogen-bond donors (Lipinski definition) is 2. The molecule has 0 aliphatic heterocycles. The summed E-state index contributed by atoms with van der Waals surface area (Å²) in [5, 5.41) is 11.7. The first-order valence-corrected chi connectivity index (χ1v) is 6.46. The molecule has 0 atom stereocenters. The molecule has 0 saturated heterocycles. The van der Waals surface area contributed by atoms with Crippen LogP contribution in [0.4, 0.5) is 5.69 Å². The van der Waals surface area contributed by atoms with Gasteiger partial charge in [-0.3, -0.25) is 9.59 Å². The molecular weight excluding hydrogens is 282 g/mol. The van der Waals surface area contributed by atoms with Gasteiger partial charge in [-0.1, -0.05) is 18.2 Å². The number of nitrogens with one attached hydrogen (secondary N) is 1. The summed E-state index contributed by atoms with van der Waals surface area (Å²) in [5.74, 6) is -2.50. The summed E-state index contributed by atoms with van der Waals surface area (Å²) in [6.07, 6.45) is -0.662. The largest absolute Gasteiger partial charge is 0.481 e. The Morgan fingerprint density at radius 3 is 2.65 bits per heavy atom. The number of esters is 1. The van der Waals surface area contributed by atoms with Crippen LogP contribution in [-0.2, 0) is 14.3 Å². The first-order chi connectivity index (χ1) is 9.52. The second kappa shape index (κ2) is 5.70. The molecule has 7 heteroatoms. The summed E-state index contributed by atoms with van der Waals surface area (Å²) < 4.78 is 5.48. The van der Waals surface area contributed by atoms with E-state index in [0.717, 1.165) is 4.70 Å². The fourth-order valence-corrected chi connectivity index (χ4v) is 2.80. The number of carboxylic acid groups (broad SMARTS) is 1. The number of carbonyl (C=O) groups excluding carboxylic acids is 2. The average molecular weight is 293 g/mol. The molecule has 0 unspecified atom stereocenters. The van der Waals surface area contributed by atoms with Crippen molar-refractivity contribution in [1.82, 2.24) is 0 Å². The van der Waals surface area contributed by atoms with E-state index in [0.29, 0.717) is 11.1 Å². The van der Waals surface area contributed by atoms with Crippen molar-refractivity contribution in [3.05, 3.63) is 29.1 Å². The molecule has 2 rings (SSSR count). The maximum atomic E-state index is 11.7. The Morgan fingerprint density at radius 1 is 1.30 bits per heavy atom. The van der Waals surface area contributed by atoms with E-state index in [9.17, 15) is 14.4 Å². The van der Waals surface area contributed by atoms with Gasteiger partial charge in [0.1, 0.15) is 11.3 Å². The number of aliphatic carboxylic acids is 1. The summed E-state index contributed by atoms with van der Waals surface area (Å²) in [6, 6.07) is 7.12. The number of rotatable bonds is 4. The quantitative estimate of drug-likeness (QED) is 0.665. The number of amides is 1. The van der Waals surface area contributed by atoms with Crippen LogP contribution < -0.4 is 5.32 Å². The van der Waals surface area contributed by atoms with Crippen LogP contribution in [0.5, 0.6) is 0 Å². The predicted octanol–water partition coefficient (Wildman–Crippen LogP) is 2.10. The molecule has 2 aromatic rings. The van der Waals surface area contributed by atoms with Gasteiger partial charge in [0.05, 0.1) is 12.8 Å². The van der Waals surface area contributed by atoms with Gasteiger partial charge in [0.15, 0.2) is 0 Å². The molecule has 1 aromatic heterocycles. The summed E-state index contributed by atoms with van der Waals surface area (Å²) in [4.78, 5) is 34.1. The maximum absolute atomic E-state index is 11.7. The van der Waals surface area contributed by atoms with E-state index in [-0.39, 0.29) is 4.88 Å². The first kappa shape index (κ1) is 14.0. The molecule has 0 fully saturated rings. The number of fused-ring (bicyclic) bond motifs is 1. The van der Waals surface area contributed by atoms with E-state index in [1.54, 1.807) is 18.2 Å². The molecule has 6 nitrogen and oxygen atoms in total. The fourth-order valence-electron chi connectivity index (χ4n) is 1.73. The molecule has 0 radical (unpaired) electrons. The van der Waals surface area contributed by atoms with Gasteiger partial charge in [0.2, 0.25) is 5.91 Å². The van der Waals surface area contributed by atoms with Crippen LogP contribution in [0.25, 0.3) is 10.1 Å². The highest BCUT2D eigenvalue weighted by molar-refractivity contribution is 7.21. The minimum Gasteiger partial charge on any atom is -0.481 e. The summed E-state index contributed by atoms with van der Waals surface area (Å²) in [6.45, 7) is 0. The third-order valence-corrected chi connectivity index (χ3v) is 3.69. The van der Waals surface area contributed by atoms with Gasteiger partial charge in [-0.2, -0.15) is 0 Å². The van der Waals surface area contributed by atoms with E-state index < -0.39 is 24.3 Å². The topological polar surface area (TPSA) is 92.7 Å². The Hall–Kier alpha value is -2.41. The smallest absolute Gasteiger partial charge is 0.350 e. The second-order valence-electron chi connectivity index (χ2n) is 3.91. The lowest BCUT2D eigenvalue weighted by atomic mass is 10.2. The molecule has 1 aromatic carbocycles. The second-order valence-corrected chi connectivity index (χ2v) is 4.96. The summed E-state index contributed by atoms with van der Waals surface area (Å²) in [7, 11) is 1.25. The number of ether oxygens (including phenoxy) is 1. The van der Waals surface area contributed by atoms with Crippen molar-refractivity contribution >= 4 is 45.0 Å². The molecule has 0 bridgehead atoms. The van der Waals surface area contributed by atoms with Crippen molar-refractivity contribution in [2.45, 2.75) is 6.42 Å². The third-order valence-electron chi connectivity index (χ3n) is 2.54. The third kappa shape index (κ3) is 2.77. The van der Waals surface area contributed by atoms with Gasteiger partial charge in [-0.25, -0.2) is 4.79 Å². The Balaban J connectivity index is 2.45. The van der Waals surface area contributed by atoms with Gasteiger partial charge >= 0.3 is 11.9 Å². The summed E-state index contributed by atoms with van der Waals surface area (Å²) >= 11 is 1.18. The molecule has 1 amide bonds. The molecule has 0 saturated carbocycles. The number of benzene rings is 1. The molecule has 0 spiro atoms. The lowest BCUT2D eigenvalue weighted by Crippen LogP contribution is -2.17. The van der Waals surface area contributed by atoms with Crippen molar-refractivity contribution in [2.75, 3.05) is 12.4 Å². The first-order valence-electron chi connectivity index (χ1n) is 5.64. The van der Waals surface area contributed by atoms with Crippen molar-refractivity contribution in [3.8, 4) is 0 Å². The van der Waals surface area contributed by atoms with E-state index in [1.807, 2.05) is 6.07 Å². The molecule has 20 heavy (non-hydrogen) atoms. The van der Waals surface area contributed by atoms with Crippen molar-refractivity contribution in [2.24, 2.45) is 0 Å². The van der Waals surface area contributed by atoms with Gasteiger partial charge < -0.3 is 15.2 Å². The van der Waals surface area contributed by atoms with Crippen LogP contribution in [0.2, 0.25) is 0 Å². The van der Waals surface area contributed by atoms with Crippen molar-refractivity contribution in [1.29, 1.82) is 0 Å². The Bertz CT molecular complexity index is 691. The van der Waals surface area contributed by atoms with Gasteiger partial charge in [-0.05, 0) is 6.07 Å². The number of thiophene rings is 1. The monoisotopic (exact) mass is 293 g/mol. The van der Waals surface area contributed by atoms with E-state index >= 15 is 0 Å². The number of carbonyl (C=O) groups is 3. The number of methoxy groups -OCH3 is 1. The van der Waals surface area contributed by atoms with E-state index in [1.165, 1.54) is 18.4 Å². The van der Waals surface area contributed by atoms with Crippen LogP contribution >= 0.6 is 11.3 Å². The lowest BCUT2D eigenvalue weighted by molar-refractivity contribution is -0.139.